The third-order valence-corrected chi connectivity index (χ3v) is 7.88. The molecule has 3 heterocycles. The van der Waals surface area contributed by atoms with Crippen LogP contribution in [0.15, 0.2) is 74.0 Å². The van der Waals surface area contributed by atoms with Crippen molar-refractivity contribution in [2.45, 2.75) is 26.8 Å². The molecule has 0 unspecified atom stereocenters. The number of aromatic nitrogens is 1. The molecule has 0 radical (unpaired) electrons. The first-order chi connectivity index (χ1) is 20.2. The molecule has 216 valence electrons. The van der Waals surface area contributed by atoms with Gasteiger partial charge in [0.15, 0.2) is 4.80 Å². The highest BCUT2D eigenvalue weighted by atomic mass is 32.1. The van der Waals surface area contributed by atoms with Crippen molar-refractivity contribution in [1.82, 2.24) is 4.57 Å². The van der Waals surface area contributed by atoms with Crippen molar-refractivity contribution in [3.05, 3.63) is 102 Å². The van der Waals surface area contributed by atoms with Crippen LogP contribution < -0.4 is 24.4 Å². The predicted molar refractivity (Wildman–Crippen MR) is 156 cm³/mol. The Balaban J connectivity index is 1.67. The summed E-state index contributed by atoms with van der Waals surface area (Å²) in [6.45, 7) is 5.42. The zero-order valence-electron chi connectivity index (χ0n) is 23.6. The van der Waals surface area contributed by atoms with Gasteiger partial charge < -0.3 is 23.7 Å². The normalized spacial score (nSPS) is 14.8. The molecule has 0 saturated heterocycles. The predicted octanol–water partition coefficient (Wildman–Crippen LogP) is 4.08. The van der Waals surface area contributed by atoms with Crippen LogP contribution in [0.2, 0.25) is 0 Å². The van der Waals surface area contributed by atoms with Gasteiger partial charge in [-0.1, -0.05) is 17.4 Å². The molecule has 1 N–H and O–H groups in total. The van der Waals surface area contributed by atoms with E-state index in [2.05, 4.69) is 4.99 Å². The van der Waals surface area contributed by atoms with Crippen LogP contribution in [0, 0.1) is 6.92 Å². The van der Waals surface area contributed by atoms with Crippen LogP contribution in [0.25, 0.3) is 17.4 Å². The van der Waals surface area contributed by atoms with Crippen LogP contribution in [0.4, 0.5) is 0 Å². The van der Waals surface area contributed by atoms with E-state index in [9.17, 15) is 19.5 Å². The molecule has 1 aliphatic rings. The van der Waals surface area contributed by atoms with Gasteiger partial charge in [0.05, 0.1) is 42.2 Å². The van der Waals surface area contributed by atoms with E-state index in [-0.39, 0.29) is 23.3 Å². The summed E-state index contributed by atoms with van der Waals surface area (Å²) < 4.78 is 24.2. The summed E-state index contributed by atoms with van der Waals surface area (Å²) in [5.41, 5.74) is 2.41. The molecule has 2 aromatic carbocycles. The lowest BCUT2D eigenvalue weighted by Gasteiger charge is -2.26. The molecule has 42 heavy (non-hydrogen) atoms. The number of esters is 1. The summed E-state index contributed by atoms with van der Waals surface area (Å²) in [7, 11) is 3.04. The largest absolute Gasteiger partial charge is 0.497 e. The quantitative estimate of drug-likeness (QED) is 0.305. The third kappa shape index (κ3) is 5.14. The Morgan fingerprint density at radius 1 is 1.10 bits per heavy atom. The van der Waals surface area contributed by atoms with Gasteiger partial charge in [0.2, 0.25) is 0 Å². The zero-order chi connectivity index (χ0) is 30.1. The summed E-state index contributed by atoms with van der Waals surface area (Å²) in [6, 6.07) is 12.5. The molecule has 0 aliphatic carbocycles. The number of hydrogen-bond donors (Lipinski definition) is 1. The summed E-state index contributed by atoms with van der Waals surface area (Å²) >= 11 is 1.16. The second-order valence-corrected chi connectivity index (χ2v) is 10.5. The van der Waals surface area contributed by atoms with Gasteiger partial charge in [0.1, 0.15) is 29.1 Å². The average Bonchev–Trinajstić information content (AvgIpc) is 3.56. The molecular formula is C31H28N2O8S. The van der Waals surface area contributed by atoms with Crippen LogP contribution in [-0.2, 0) is 9.53 Å². The molecule has 2 aromatic heterocycles. The van der Waals surface area contributed by atoms with Crippen LogP contribution >= 0.6 is 11.3 Å². The van der Waals surface area contributed by atoms with Crippen LogP contribution in [0.3, 0.4) is 0 Å². The van der Waals surface area contributed by atoms with Crippen molar-refractivity contribution < 1.29 is 33.3 Å². The standard InChI is InChI=1S/C31H28N2O8S/c1-6-40-30(37)26-17(3)32-31-33(27(26)22-14-19(38-4)9-11-23(22)39-5)28(34)25(42-31)15-20-10-12-24(41-20)21-13-18(29(35)36)8-7-16(21)2/h7-15,27H,6H2,1-5H3,(H,35,36)/t27-/m0/s1. The van der Waals surface area contributed by atoms with E-state index in [1.54, 1.807) is 62.4 Å². The first kappa shape index (κ1) is 28.6. The number of furan rings is 1. The van der Waals surface area contributed by atoms with Crippen molar-refractivity contribution in [3.8, 4) is 22.8 Å². The van der Waals surface area contributed by atoms with Gasteiger partial charge >= 0.3 is 11.9 Å². The molecule has 0 bridgehead atoms. The van der Waals surface area contributed by atoms with Gasteiger partial charge in [0, 0.05) is 17.2 Å². The van der Waals surface area contributed by atoms with E-state index in [0.29, 0.717) is 49.2 Å². The van der Waals surface area contributed by atoms with Gasteiger partial charge in [0.25, 0.3) is 5.56 Å². The molecule has 1 aliphatic heterocycles. The van der Waals surface area contributed by atoms with Crippen molar-refractivity contribution in [3.63, 3.8) is 0 Å². The highest BCUT2D eigenvalue weighted by molar-refractivity contribution is 7.07. The number of benzene rings is 2. The van der Waals surface area contributed by atoms with E-state index in [1.807, 2.05) is 6.92 Å². The first-order valence-electron chi connectivity index (χ1n) is 13.0. The Morgan fingerprint density at radius 2 is 1.88 bits per heavy atom. The number of methoxy groups -OCH3 is 2. The zero-order valence-corrected chi connectivity index (χ0v) is 24.4. The van der Waals surface area contributed by atoms with Gasteiger partial charge in [-0.25, -0.2) is 14.6 Å². The topological polar surface area (TPSA) is 130 Å². The fourth-order valence-electron chi connectivity index (χ4n) is 4.86. The van der Waals surface area contributed by atoms with Crippen LogP contribution in [0.1, 0.15) is 47.1 Å². The van der Waals surface area contributed by atoms with Gasteiger partial charge in [-0.05, 0) is 68.8 Å². The Hall–Kier alpha value is -4.90. The highest BCUT2D eigenvalue weighted by Crippen LogP contribution is 2.38. The summed E-state index contributed by atoms with van der Waals surface area (Å²) in [5, 5.41) is 9.40. The van der Waals surface area contributed by atoms with E-state index in [0.717, 1.165) is 16.9 Å². The number of carbonyl (C=O) groups excluding carboxylic acids is 1. The number of carboxylic acids is 1. The van der Waals surface area contributed by atoms with E-state index in [1.165, 1.54) is 24.9 Å². The van der Waals surface area contributed by atoms with Crippen molar-refractivity contribution in [2.75, 3.05) is 20.8 Å². The highest BCUT2D eigenvalue weighted by Gasteiger charge is 2.35. The van der Waals surface area contributed by atoms with Gasteiger partial charge in [-0.15, -0.1) is 0 Å². The molecule has 1 atom stereocenters. The van der Waals surface area contributed by atoms with Crippen LogP contribution in [0.5, 0.6) is 11.5 Å². The number of rotatable bonds is 8. The molecule has 10 nitrogen and oxygen atoms in total. The number of carbonyl (C=O) groups is 2. The van der Waals surface area contributed by atoms with E-state index >= 15 is 0 Å². The molecule has 4 aromatic rings. The second-order valence-electron chi connectivity index (χ2n) is 9.45. The number of aryl methyl sites for hydroxylation is 1. The van der Waals surface area contributed by atoms with E-state index < -0.39 is 18.0 Å². The maximum atomic E-state index is 14.0. The second kappa shape index (κ2) is 11.5. The fourth-order valence-corrected chi connectivity index (χ4v) is 5.89. The maximum Gasteiger partial charge on any atom is 0.338 e. The first-order valence-corrected chi connectivity index (χ1v) is 13.8. The molecular weight excluding hydrogens is 560 g/mol. The molecule has 0 spiro atoms. The maximum absolute atomic E-state index is 14.0. The summed E-state index contributed by atoms with van der Waals surface area (Å²) in [5.74, 6) is 0.223. The number of hydrogen-bond acceptors (Lipinski definition) is 9. The Labute approximate surface area is 244 Å². The van der Waals surface area contributed by atoms with Crippen molar-refractivity contribution in [1.29, 1.82) is 0 Å². The van der Waals surface area contributed by atoms with E-state index in [4.69, 9.17) is 18.6 Å². The number of carboxylic acid groups (broad SMARTS) is 1. The van der Waals surface area contributed by atoms with Crippen molar-refractivity contribution in [2.24, 2.45) is 4.99 Å². The molecule has 0 fully saturated rings. The van der Waals surface area contributed by atoms with Gasteiger partial charge in [-0.2, -0.15) is 0 Å². The number of ether oxygens (including phenoxy) is 3. The fraction of sp³-hybridized carbons (Fsp3) is 0.226. The number of thiazole rings is 1. The Morgan fingerprint density at radius 3 is 2.57 bits per heavy atom. The monoisotopic (exact) mass is 588 g/mol. The SMILES string of the molecule is CCOC(=O)C1=C(C)N=c2sc(=Cc3ccc(-c4cc(C(=O)O)ccc4C)o3)c(=O)n2[C@H]1c1cc(OC)ccc1OC. The molecule has 11 heteroatoms. The molecule has 0 saturated carbocycles. The third-order valence-electron chi connectivity index (χ3n) is 6.90. The lowest BCUT2D eigenvalue weighted by molar-refractivity contribution is -0.139. The number of allylic oxidation sites excluding steroid dienone is 1. The minimum Gasteiger partial charge on any atom is -0.497 e. The summed E-state index contributed by atoms with van der Waals surface area (Å²) in [6.07, 6.45) is 1.60. The van der Waals surface area contributed by atoms with Gasteiger partial charge in [-0.3, -0.25) is 9.36 Å². The average molecular weight is 589 g/mol. The van der Waals surface area contributed by atoms with Crippen LogP contribution in [-0.4, -0.2) is 42.4 Å². The number of nitrogens with zero attached hydrogens (tertiary/aromatic N) is 2. The summed E-state index contributed by atoms with van der Waals surface area (Å²) in [4.78, 5) is 43.6. The lowest BCUT2D eigenvalue weighted by atomic mass is 9.95. The Kier molecular flexibility index (Phi) is 7.86. The minimum atomic E-state index is -1.04. The van der Waals surface area contributed by atoms with Crippen molar-refractivity contribution >= 4 is 29.4 Å². The number of aromatic carboxylic acids is 1. The number of fused-ring (bicyclic) bond motifs is 1. The Bertz CT molecular complexity index is 1930. The smallest absolute Gasteiger partial charge is 0.338 e. The molecule has 0 amide bonds. The minimum absolute atomic E-state index is 0.141. The lowest BCUT2D eigenvalue weighted by Crippen LogP contribution is -2.40. The molecule has 5 rings (SSSR count).